The summed E-state index contributed by atoms with van der Waals surface area (Å²) in [5.74, 6) is 0.997. The lowest BCUT2D eigenvalue weighted by atomic mass is 10.1. The van der Waals surface area contributed by atoms with Crippen LogP contribution in [-0.2, 0) is 0 Å². The average Bonchev–Trinajstić information content (AvgIpc) is 2.37. The van der Waals surface area contributed by atoms with Crippen LogP contribution in [0.4, 0.5) is 0 Å². The fraction of sp³-hybridized carbons (Fsp3) is 0.714. The summed E-state index contributed by atoms with van der Waals surface area (Å²) < 4.78 is 0. The number of aromatic amines is 1. The Bertz CT molecular complexity index is 419. The molecule has 0 aromatic carbocycles. The molecule has 0 amide bonds. The van der Waals surface area contributed by atoms with Crippen LogP contribution >= 0.6 is 11.8 Å². The van der Waals surface area contributed by atoms with Crippen LogP contribution < -0.4 is 10.9 Å². The zero-order valence-electron chi connectivity index (χ0n) is 12.2. The van der Waals surface area contributed by atoms with Crippen molar-refractivity contribution in [2.75, 3.05) is 12.3 Å². The number of aromatic nitrogens is 2. The first-order valence-corrected chi connectivity index (χ1v) is 8.08. The Labute approximate surface area is 119 Å². The summed E-state index contributed by atoms with van der Waals surface area (Å²) in [6, 6.07) is 2.14. The van der Waals surface area contributed by atoms with Gasteiger partial charge in [0.25, 0.3) is 5.56 Å². The van der Waals surface area contributed by atoms with Crippen molar-refractivity contribution < 1.29 is 0 Å². The van der Waals surface area contributed by atoms with Crippen LogP contribution in [0, 0.1) is 6.92 Å². The maximum atomic E-state index is 11.3. The van der Waals surface area contributed by atoms with Gasteiger partial charge in [-0.15, -0.1) is 0 Å². The van der Waals surface area contributed by atoms with Gasteiger partial charge in [0.2, 0.25) is 0 Å². The van der Waals surface area contributed by atoms with Crippen LogP contribution in [0.3, 0.4) is 0 Å². The Balaban J connectivity index is 2.27. The molecule has 5 heteroatoms. The van der Waals surface area contributed by atoms with Gasteiger partial charge in [-0.25, -0.2) is 4.98 Å². The molecule has 1 rings (SSSR count). The SMILES string of the molecule is CCCNC(CC)CCCSc1nc(C)cc(=O)[nH]1. The smallest absolute Gasteiger partial charge is 0.251 e. The summed E-state index contributed by atoms with van der Waals surface area (Å²) in [4.78, 5) is 18.4. The summed E-state index contributed by atoms with van der Waals surface area (Å²) in [6.07, 6.45) is 4.67. The van der Waals surface area contributed by atoms with E-state index in [0.29, 0.717) is 6.04 Å². The van der Waals surface area contributed by atoms with E-state index in [9.17, 15) is 4.79 Å². The standard InChI is InChI=1S/C14H25N3OS/c1-4-8-15-12(5-2)7-6-9-19-14-16-11(3)10-13(18)17-14/h10,12,15H,4-9H2,1-3H3,(H,16,17,18). The monoisotopic (exact) mass is 283 g/mol. The third kappa shape index (κ3) is 6.78. The van der Waals surface area contributed by atoms with E-state index in [0.717, 1.165) is 29.6 Å². The molecule has 0 fully saturated rings. The molecule has 1 unspecified atom stereocenters. The molecule has 4 nitrogen and oxygen atoms in total. The van der Waals surface area contributed by atoms with Gasteiger partial charge in [-0.2, -0.15) is 0 Å². The maximum absolute atomic E-state index is 11.3. The van der Waals surface area contributed by atoms with Gasteiger partial charge in [0.1, 0.15) is 0 Å². The lowest BCUT2D eigenvalue weighted by Gasteiger charge is -2.15. The highest BCUT2D eigenvalue weighted by Crippen LogP contribution is 2.14. The molecule has 0 spiro atoms. The molecule has 1 heterocycles. The minimum atomic E-state index is -0.0638. The van der Waals surface area contributed by atoms with Gasteiger partial charge in [0.05, 0.1) is 0 Å². The number of nitrogens with zero attached hydrogens (tertiary/aromatic N) is 1. The third-order valence-corrected chi connectivity index (χ3v) is 3.92. The quantitative estimate of drug-likeness (QED) is 0.416. The highest BCUT2D eigenvalue weighted by atomic mass is 32.2. The van der Waals surface area contributed by atoms with Crippen LogP contribution in [0.15, 0.2) is 16.0 Å². The van der Waals surface area contributed by atoms with Crippen LogP contribution in [0.5, 0.6) is 0 Å². The Kier molecular flexibility index (Phi) is 7.82. The second-order valence-electron chi connectivity index (χ2n) is 4.74. The van der Waals surface area contributed by atoms with Crippen molar-refractivity contribution in [2.24, 2.45) is 0 Å². The molecule has 108 valence electrons. The summed E-state index contributed by atoms with van der Waals surface area (Å²) in [5.41, 5.74) is 0.716. The van der Waals surface area contributed by atoms with E-state index >= 15 is 0 Å². The number of nitrogens with one attached hydrogen (secondary N) is 2. The first-order chi connectivity index (χ1) is 9.15. The number of thioether (sulfide) groups is 1. The molecular formula is C14H25N3OS. The lowest BCUT2D eigenvalue weighted by Crippen LogP contribution is -2.29. The van der Waals surface area contributed by atoms with Crippen molar-refractivity contribution in [3.8, 4) is 0 Å². The summed E-state index contributed by atoms with van der Waals surface area (Å²) in [6.45, 7) is 7.36. The fourth-order valence-electron chi connectivity index (χ4n) is 1.92. The Morgan fingerprint density at radius 3 is 2.89 bits per heavy atom. The van der Waals surface area contributed by atoms with Gasteiger partial charge in [-0.3, -0.25) is 4.79 Å². The van der Waals surface area contributed by atoms with Gasteiger partial charge in [-0.05, 0) is 39.2 Å². The molecule has 0 aliphatic rings. The molecule has 0 saturated carbocycles. The van der Waals surface area contributed by atoms with Gasteiger partial charge < -0.3 is 10.3 Å². The van der Waals surface area contributed by atoms with Crippen molar-refractivity contribution in [1.29, 1.82) is 0 Å². The Morgan fingerprint density at radius 2 is 2.26 bits per heavy atom. The summed E-state index contributed by atoms with van der Waals surface area (Å²) >= 11 is 1.63. The number of hydrogen-bond donors (Lipinski definition) is 2. The Hall–Kier alpha value is -0.810. The third-order valence-electron chi connectivity index (χ3n) is 2.96. The van der Waals surface area contributed by atoms with Crippen LogP contribution in [0.1, 0.15) is 45.2 Å². The number of rotatable bonds is 9. The molecule has 1 atom stereocenters. The zero-order valence-corrected chi connectivity index (χ0v) is 13.0. The molecule has 0 aliphatic heterocycles. The van der Waals surface area contributed by atoms with Crippen molar-refractivity contribution in [3.05, 3.63) is 22.1 Å². The molecule has 0 aliphatic carbocycles. The molecule has 0 bridgehead atoms. The second kappa shape index (κ2) is 9.15. The second-order valence-corrected chi connectivity index (χ2v) is 5.83. The number of aryl methyl sites for hydroxylation is 1. The molecule has 0 saturated heterocycles. The van der Waals surface area contributed by atoms with Crippen LogP contribution in [-0.4, -0.2) is 28.3 Å². The lowest BCUT2D eigenvalue weighted by molar-refractivity contribution is 0.465. The zero-order chi connectivity index (χ0) is 14.1. The van der Waals surface area contributed by atoms with E-state index < -0.39 is 0 Å². The first kappa shape index (κ1) is 16.2. The molecule has 19 heavy (non-hydrogen) atoms. The van der Waals surface area contributed by atoms with E-state index in [2.05, 4.69) is 29.1 Å². The molecule has 1 aromatic heterocycles. The maximum Gasteiger partial charge on any atom is 0.251 e. The van der Waals surface area contributed by atoms with Gasteiger partial charge in [-0.1, -0.05) is 25.6 Å². The van der Waals surface area contributed by atoms with Crippen molar-refractivity contribution >= 4 is 11.8 Å². The van der Waals surface area contributed by atoms with Gasteiger partial charge >= 0.3 is 0 Å². The van der Waals surface area contributed by atoms with E-state index in [1.165, 1.54) is 25.3 Å². The van der Waals surface area contributed by atoms with Gasteiger partial charge in [0, 0.05) is 23.6 Å². The van der Waals surface area contributed by atoms with Gasteiger partial charge in [0.15, 0.2) is 5.16 Å². The normalized spacial score (nSPS) is 12.6. The predicted octanol–water partition coefficient (Wildman–Crippen LogP) is 2.73. The highest BCUT2D eigenvalue weighted by Gasteiger charge is 2.05. The number of H-pyrrole nitrogens is 1. The molecule has 1 aromatic rings. The minimum Gasteiger partial charge on any atom is -0.314 e. The molecule has 2 N–H and O–H groups in total. The van der Waals surface area contributed by atoms with E-state index in [4.69, 9.17) is 0 Å². The first-order valence-electron chi connectivity index (χ1n) is 7.09. The van der Waals surface area contributed by atoms with E-state index in [1.54, 1.807) is 11.8 Å². The number of hydrogen-bond acceptors (Lipinski definition) is 4. The van der Waals surface area contributed by atoms with Crippen molar-refractivity contribution in [2.45, 2.75) is 57.7 Å². The van der Waals surface area contributed by atoms with Crippen LogP contribution in [0.2, 0.25) is 0 Å². The van der Waals surface area contributed by atoms with E-state index in [-0.39, 0.29) is 5.56 Å². The molecule has 0 radical (unpaired) electrons. The van der Waals surface area contributed by atoms with Crippen molar-refractivity contribution in [1.82, 2.24) is 15.3 Å². The van der Waals surface area contributed by atoms with Crippen molar-refractivity contribution in [3.63, 3.8) is 0 Å². The minimum absolute atomic E-state index is 0.0638. The van der Waals surface area contributed by atoms with E-state index in [1.807, 2.05) is 6.92 Å². The molecular weight excluding hydrogens is 258 g/mol. The average molecular weight is 283 g/mol. The largest absolute Gasteiger partial charge is 0.314 e. The summed E-state index contributed by atoms with van der Waals surface area (Å²) in [7, 11) is 0. The fourth-order valence-corrected chi connectivity index (χ4v) is 2.80. The summed E-state index contributed by atoms with van der Waals surface area (Å²) in [5, 5.41) is 4.29. The highest BCUT2D eigenvalue weighted by molar-refractivity contribution is 7.99. The predicted molar refractivity (Wildman–Crippen MR) is 81.9 cm³/mol. The Morgan fingerprint density at radius 1 is 1.47 bits per heavy atom. The topological polar surface area (TPSA) is 57.8 Å². The van der Waals surface area contributed by atoms with Crippen LogP contribution in [0.25, 0.3) is 0 Å².